The quantitative estimate of drug-likeness (QED) is 0.807. The van der Waals surface area contributed by atoms with E-state index in [0.29, 0.717) is 24.0 Å². The molecule has 0 aliphatic carbocycles. The third-order valence-corrected chi connectivity index (χ3v) is 5.05. The van der Waals surface area contributed by atoms with Crippen LogP contribution in [0.5, 0.6) is 0 Å². The van der Waals surface area contributed by atoms with E-state index < -0.39 is 10.0 Å². The monoisotopic (exact) mass is 263 g/mol. The van der Waals surface area contributed by atoms with Crippen LogP contribution in [0.15, 0.2) is 4.21 Å². The number of primary sulfonamides is 1. The van der Waals surface area contributed by atoms with Crippen LogP contribution in [0.25, 0.3) is 0 Å². The van der Waals surface area contributed by atoms with Gasteiger partial charge in [-0.15, -0.1) is 0 Å². The summed E-state index contributed by atoms with van der Waals surface area (Å²) in [6, 6.07) is 0. The molecular weight excluding hydrogens is 250 g/mol. The highest BCUT2D eigenvalue weighted by molar-refractivity contribution is 7.91. The summed E-state index contributed by atoms with van der Waals surface area (Å²) in [5.41, 5.74) is 0.467. The smallest absolute Gasteiger partial charge is 0.249 e. The zero-order valence-electron chi connectivity index (χ0n) is 8.84. The number of aryl methyl sites for hydroxylation is 1. The van der Waals surface area contributed by atoms with Crippen molar-refractivity contribution in [3.8, 4) is 0 Å². The summed E-state index contributed by atoms with van der Waals surface area (Å²) in [6.07, 6.45) is 0. The van der Waals surface area contributed by atoms with Crippen LogP contribution in [0, 0.1) is 6.92 Å². The molecule has 1 saturated heterocycles. The molecule has 2 N–H and O–H groups in total. The minimum absolute atomic E-state index is 0.147. The Labute approximate surface area is 98.1 Å². The van der Waals surface area contributed by atoms with Crippen LogP contribution < -0.4 is 10.0 Å². The number of thiazole rings is 1. The second-order valence-corrected chi connectivity index (χ2v) is 6.25. The molecule has 8 heteroatoms. The van der Waals surface area contributed by atoms with Crippen molar-refractivity contribution in [2.45, 2.75) is 11.1 Å². The van der Waals surface area contributed by atoms with Crippen LogP contribution in [0.4, 0.5) is 5.13 Å². The summed E-state index contributed by atoms with van der Waals surface area (Å²) in [4.78, 5) is 6.24. The highest BCUT2D eigenvalue weighted by atomic mass is 32.2. The maximum absolute atomic E-state index is 11.3. The van der Waals surface area contributed by atoms with Gasteiger partial charge >= 0.3 is 0 Å². The second-order valence-electron chi connectivity index (χ2n) is 3.51. The zero-order valence-corrected chi connectivity index (χ0v) is 10.5. The van der Waals surface area contributed by atoms with Crippen molar-refractivity contribution < 1.29 is 13.2 Å². The van der Waals surface area contributed by atoms with Crippen LogP contribution in [0.1, 0.15) is 5.69 Å². The maximum atomic E-state index is 11.3. The lowest BCUT2D eigenvalue weighted by Crippen LogP contribution is -2.36. The molecule has 0 saturated carbocycles. The highest BCUT2D eigenvalue weighted by Crippen LogP contribution is 2.29. The Morgan fingerprint density at radius 1 is 1.44 bits per heavy atom. The van der Waals surface area contributed by atoms with Gasteiger partial charge in [0.25, 0.3) is 0 Å². The summed E-state index contributed by atoms with van der Waals surface area (Å²) in [6.45, 7) is 4.40. The molecule has 0 radical (unpaired) electrons. The van der Waals surface area contributed by atoms with Crippen molar-refractivity contribution in [2.75, 3.05) is 31.2 Å². The molecule has 0 amide bonds. The van der Waals surface area contributed by atoms with Gasteiger partial charge in [-0.05, 0) is 6.92 Å². The highest BCUT2D eigenvalue weighted by Gasteiger charge is 2.21. The fourth-order valence-corrected chi connectivity index (χ4v) is 3.52. The number of rotatable bonds is 2. The second kappa shape index (κ2) is 4.28. The normalized spacial score (nSPS) is 17.8. The molecule has 16 heavy (non-hydrogen) atoms. The van der Waals surface area contributed by atoms with Crippen LogP contribution in [-0.2, 0) is 14.8 Å². The van der Waals surface area contributed by atoms with E-state index in [2.05, 4.69) is 4.98 Å². The number of nitrogens with zero attached hydrogens (tertiary/aromatic N) is 2. The third-order valence-electron chi connectivity index (χ3n) is 2.28. The van der Waals surface area contributed by atoms with Crippen molar-refractivity contribution in [3.05, 3.63) is 5.69 Å². The van der Waals surface area contributed by atoms with Crippen LogP contribution in [-0.4, -0.2) is 39.7 Å². The van der Waals surface area contributed by atoms with E-state index in [1.165, 1.54) is 0 Å². The van der Waals surface area contributed by atoms with E-state index in [-0.39, 0.29) is 4.21 Å². The number of anilines is 1. The fraction of sp³-hybridized carbons (Fsp3) is 0.625. The van der Waals surface area contributed by atoms with Gasteiger partial charge in [0.1, 0.15) is 0 Å². The Kier molecular flexibility index (Phi) is 3.15. The van der Waals surface area contributed by atoms with Gasteiger partial charge in [-0.25, -0.2) is 18.5 Å². The van der Waals surface area contributed by atoms with Gasteiger partial charge in [0.05, 0.1) is 18.9 Å². The lowest BCUT2D eigenvalue weighted by Gasteiger charge is -2.25. The lowest BCUT2D eigenvalue weighted by molar-refractivity contribution is 0.122. The average Bonchev–Trinajstić information content (AvgIpc) is 2.61. The summed E-state index contributed by atoms with van der Waals surface area (Å²) in [5, 5.41) is 5.80. The van der Waals surface area contributed by atoms with Crippen LogP contribution >= 0.6 is 11.3 Å². The number of nitrogens with two attached hydrogens (primary N) is 1. The van der Waals surface area contributed by atoms with Crippen molar-refractivity contribution in [1.82, 2.24) is 4.98 Å². The molecule has 0 atom stereocenters. The molecule has 2 heterocycles. The van der Waals surface area contributed by atoms with E-state index in [0.717, 1.165) is 24.4 Å². The van der Waals surface area contributed by atoms with E-state index in [9.17, 15) is 8.42 Å². The van der Waals surface area contributed by atoms with Crippen molar-refractivity contribution in [2.24, 2.45) is 5.14 Å². The van der Waals surface area contributed by atoms with Gasteiger partial charge in [-0.3, -0.25) is 0 Å². The molecule has 1 aliphatic heterocycles. The first kappa shape index (κ1) is 11.8. The average molecular weight is 263 g/mol. The van der Waals surface area contributed by atoms with Crippen LogP contribution in [0.3, 0.4) is 0 Å². The minimum atomic E-state index is -3.65. The maximum Gasteiger partial charge on any atom is 0.249 e. The third kappa shape index (κ3) is 2.34. The topological polar surface area (TPSA) is 85.5 Å². The zero-order chi connectivity index (χ0) is 11.8. The van der Waals surface area contributed by atoms with E-state index in [1.807, 2.05) is 4.90 Å². The van der Waals surface area contributed by atoms with Crippen LogP contribution in [0.2, 0.25) is 0 Å². The number of sulfonamides is 1. The van der Waals surface area contributed by atoms with E-state index in [4.69, 9.17) is 9.88 Å². The SMILES string of the molecule is Cc1nc(N2CCOCC2)sc1S(N)(=O)=O. The van der Waals surface area contributed by atoms with Gasteiger partial charge in [0, 0.05) is 13.1 Å². The van der Waals surface area contributed by atoms with Gasteiger partial charge in [0.2, 0.25) is 10.0 Å². The summed E-state index contributed by atoms with van der Waals surface area (Å²) < 4.78 is 27.9. The van der Waals surface area contributed by atoms with E-state index >= 15 is 0 Å². The Morgan fingerprint density at radius 3 is 2.56 bits per heavy atom. The fourth-order valence-electron chi connectivity index (χ4n) is 1.52. The molecule has 0 unspecified atom stereocenters. The van der Waals surface area contributed by atoms with Crippen molar-refractivity contribution >= 4 is 26.5 Å². The van der Waals surface area contributed by atoms with Gasteiger partial charge in [-0.2, -0.15) is 0 Å². The van der Waals surface area contributed by atoms with Crippen molar-refractivity contribution in [3.63, 3.8) is 0 Å². The first-order valence-corrected chi connectivity index (χ1v) is 7.17. The number of hydrogen-bond acceptors (Lipinski definition) is 6. The molecule has 0 aromatic carbocycles. The standard InChI is InChI=1S/C8H13N3O3S2/c1-6-7(16(9,12)13)15-8(10-6)11-2-4-14-5-3-11/h2-5H2,1H3,(H2,9,12,13). The molecule has 0 bridgehead atoms. The first-order valence-electron chi connectivity index (χ1n) is 4.81. The molecule has 6 nitrogen and oxygen atoms in total. The number of hydrogen-bond donors (Lipinski definition) is 1. The Balaban J connectivity index is 2.30. The Bertz CT molecular complexity index is 477. The Hall–Kier alpha value is -0.700. The number of morpholine rings is 1. The number of aromatic nitrogens is 1. The molecule has 0 spiro atoms. The molecule has 2 rings (SSSR count). The van der Waals surface area contributed by atoms with E-state index in [1.54, 1.807) is 6.92 Å². The van der Waals surface area contributed by atoms with Gasteiger partial charge in [0.15, 0.2) is 9.34 Å². The summed E-state index contributed by atoms with van der Waals surface area (Å²) in [5.74, 6) is 0. The summed E-state index contributed by atoms with van der Waals surface area (Å²) in [7, 11) is -3.65. The first-order chi connectivity index (χ1) is 7.48. The molecule has 1 fully saturated rings. The molecule has 90 valence electrons. The van der Waals surface area contributed by atoms with Gasteiger partial charge in [-0.1, -0.05) is 11.3 Å². The minimum Gasteiger partial charge on any atom is -0.378 e. The molecule has 1 aromatic heterocycles. The molecule has 1 aliphatic rings. The number of ether oxygens (including phenoxy) is 1. The molecule has 1 aromatic rings. The lowest BCUT2D eigenvalue weighted by atomic mass is 10.5. The van der Waals surface area contributed by atoms with Crippen molar-refractivity contribution in [1.29, 1.82) is 0 Å². The Morgan fingerprint density at radius 2 is 2.06 bits per heavy atom. The molecular formula is C8H13N3O3S2. The van der Waals surface area contributed by atoms with Gasteiger partial charge < -0.3 is 9.64 Å². The largest absolute Gasteiger partial charge is 0.378 e. The predicted octanol–water partition coefficient (Wildman–Crippen LogP) is -0.0645. The summed E-state index contributed by atoms with van der Waals surface area (Å²) >= 11 is 1.12. The predicted molar refractivity (Wildman–Crippen MR) is 61.3 cm³/mol.